The fraction of sp³-hybridized carbons (Fsp3) is 0.800. The predicted molar refractivity (Wildman–Crippen MR) is 55.5 cm³/mol. The van der Waals surface area contributed by atoms with Gasteiger partial charge in [0.05, 0.1) is 6.54 Å². The first-order valence-electron chi connectivity index (χ1n) is 5.40. The lowest BCUT2D eigenvalue weighted by molar-refractivity contribution is -0.137. The van der Waals surface area contributed by atoms with Crippen LogP contribution in [0.15, 0.2) is 0 Å². The Hall–Kier alpha value is -1.10. The van der Waals surface area contributed by atoms with Gasteiger partial charge in [-0.25, -0.2) is 0 Å². The summed E-state index contributed by atoms with van der Waals surface area (Å²) in [6.45, 7) is -0.0802. The van der Waals surface area contributed by atoms with Crippen LogP contribution in [0.25, 0.3) is 0 Å². The van der Waals surface area contributed by atoms with Crippen LogP contribution in [0.5, 0.6) is 0 Å². The van der Waals surface area contributed by atoms with Gasteiger partial charge >= 0.3 is 5.97 Å². The summed E-state index contributed by atoms with van der Waals surface area (Å²) in [4.78, 5) is 21.3. The highest BCUT2D eigenvalue weighted by atomic mass is 16.4. The smallest absolute Gasteiger partial charge is 0.322 e. The fourth-order valence-corrected chi connectivity index (χ4v) is 1.78. The minimum atomic E-state index is -1.01. The van der Waals surface area contributed by atoms with Crippen molar-refractivity contribution in [3.63, 3.8) is 0 Å². The molecule has 1 fully saturated rings. The highest BCUT2D eigenvalue weighted by Crippen LogP contribution is 2.16. The number of nitrogens with one attached hydrogen (secondary N) is 2. The molecule has 15 heavy (non-hydrogen) atoms. The van der Waals surface area contributed by atoms with Gasteiger partial charge in [0.1, 0.15) is 6.54 Å². The number of amides is 1. The van der Waals surface area contributed by atoms with Gasteiger partial charge in [-0.1, -0.05) is 19.3 Å². The van der Waals surface area contributed by atoms with Crippen molar-refractivity contribution in [1.82, 2.24) is 10.6 Å². The van der Waals surface area contributed by atoms with Crippen LogP contribution < -0.4 is 10.6 Å². The number of carbonyl (C=O) groups is 2. The molecule has 0 spiro atoms. The van der Waals surface area contributed by atoms with E-state index in [9.17, 15) is 9.59 Å². The summed E-state index contributed by atoms with van der Waals surface area (Å²) in [5.74, 6) is -1.26. The summed E-state index contributed by atoms with van der Waals surface area (Å²) in [6.07, 6.45) is 5.95. The third-order valence-electron chi connectivity index (χ3n) is 2.59. The number of hydrogen-bond acceptors (Lipinski definition) is 3. The van der Waals surface area contributed by atoms with Gasteiger partial charge < -0.3 is 15.7 Å². The molecule has 0 atom stereocenters. The molecule has 5 nitrogen and oxygen atoms in total. The molecule has 1 rings (SSSR count). The summed E-state index contributed by atoms with van der Waals surface area (Å²) < 4.78 is 0. The van der Waals surface area contributed by atoms with Crippen molar-refractivity contribution in [3.05, 3.63) is 0 Å². The van der Waals surface area contributed by atoms with Crippen molar-refractivity contribution in [3.8, 4) is 0 Å². The van der Waals surface area contributed by atoms with E-state index in [0.29, 0.717) is 6.04 Å². The number of rotatable bonds is 5. The lowest BCUT2D eigenvalue weighted by atomic mass is 9.95. The molecule has 0 saturated heterocycles. The highest BCUT2D eigenvalue weighted by Gasteiger charge is 2.13. The van der Waals surface area contributed by atoms with E-state index in [0.717, 1.165) is 12.8 Å². The van der Waals surface area contributed by atoms with Crippen molar-refractivity contribution < 1.29 is 14.7 Å². The lowest BCUT2D eigenvalue weighted by Crippen LogP contribution is -2.41. The van der Waals surface area contributed by atoms with Crippen LogP contribution in [0, 0.1) is 0 Å². The van der Waals surface area contributed by atoms with Gasteiger partial charge in [0.15, 0.2) is 0 Å². The average Bonchev–Trinajstić information content (AvgIpc) is 2.25. The van der Waals surface area contributed by atoms with E-state index >= 15 is 0 Å². The van der Waals surface area contributed by atoms with Gasteiger partial charge in [-0.05, 0) is 12.8 Å². The number of aliphatic carboxylic acids is 1. The molecule has 1 aliphatic rings. The molecular formula is C10H18N2O3. The zero-order valence-electron chi connectivity index (χ0n) is 8.79. The van der Waals surface area contributed by atoms with E-state index in [4.69, 9.17) is 5.11 Å². The molecule has 0 aromatic carbocycles. The summed E-state index contributed by atoms with van der Waals surface area (Å²) in [5.41, 5.74) is 0. The standard InChI is InChI=1S/C10H18N2O3/c13-9(12-7-10(14)15)6-11-8-4-2-1-3-5-8/h8,11H,1-7H2,(H,12,13)(H,14,15). The first-order chi connectivity index (χ1) is 7.18. The largest absolute Gasteiger partial charge is 0.480 e. The summed E-state index contributed by atoms with van der Waals surface area (Å²) in [5, 5.41) is 13.8. The molecule has 0 heterocycles. The van der Waals surface area contributed by atoms with Crippen molar-refractivity contribution in [2.75, 3.05) is 13.1 Å². The van der Waals surface area contributed by atoms with Crippen molar-refractivity contribution in [2.24, 2.45) is 0 Å². The Morgan fingerprint density at radius 2 is 1.80 bits per heavy atom. The minimum absolute atomic E-state index is 0.220. The number of carbonyl (C=O) groups excluding carboxylic acids is 1. The van der Waals surface area contributed by atoms with E-state index in [2.05, 4.69) is 10.6 Å². The second-order valence-corrected chi connectivity index (χ2v) is 3.89. The van der Waals surface area contributed by atoms with Crippen LogP contribution in [0.1, 0.15) is 32.1 Å². The van der Waals surface area contributed by atoms with Gasteiger partial charge in [-0.15, -0.1) is 0 Å². The third-order valence-corrected chi connectivity index (χ3v) is 2.59. The van der Waals surface area contributed by atoms with Gasteiger partial charge in [-0.2, -0.15) is 0 Å². The molecule has 0 bridgehead atoms. The van der Waals surface area contributed by atoms with Crippen LogP contribution in [0.4, 0.5) is 0 Å². The maximum atomic E-state index is 11.2. The fourth-order valence-electron chi connectivity index (χ4n) is 1.78. The minimum Gasteiger partial charge on any atom is -0.480 e. The van der Waals surface area contributed by atoms with E-state index in [1.54, 1.807) is 0 Å². The van der Waals surface area contributed by atoms with Crippen LogP contribution in [-0.2, 0) is 9.59 Å². The van der Waals surface area contributed by atoms with Crippen LogP contribution in [0.3, 0.4) is 0 Å². The van der Waals surface area contributed by atoms with Gasteiger partial charge in [0.2, 0.25) is 5.91 Å². The van der Waals surface area contributed by atoms with E-state index < -0.39 is 5.97 Å². The van der Waals surface area contributed by atoms with Gasteiger partial charge in [-0.3, -0.25) is 9.59 Å². The molecular weight excluding hydrogens is 196 g/mol. The molecule has 1 amide bonds. The summed E-state index contributed by atoms with van der Waals surface area (Å²) in [7, 11) is 0. The topological polar surface area (TPSA) is 78.4 Å². The van der Waals surface area contributed by atoms with Crippen molar-refractivity contribution >= 4 is 11.9 Å². The first kappa shape index (κ1) is 12.0. The molecule has 1 saturated carbocycles. The first-order valence-corrected chi connectivity index (χ1v) is 5.40. The SMILES string of the molecule is O=C(O)CNC(=O)CNC1CCCCC1. The number of hydrogen-bond donors (Lipinski definition) is 3. The maximum Gasteiger partial charge on any atom is 0.322 e. The second kappa shape index (κ2) is 6.40. The Morgan fingerprint density at radius 1 is 1.13 bits per heavy atom. The number of carboxylic acid groups (broad SMARTS) is 1. The van der Waals surface area contributed by atoms with Crippen molar-refractivity contribution in [1.29, 1.82) is 0 Å². The van der Waals surface area contributed by atoms with E-state index in [1.807, 2.05) is 0 Å². The monoisotopic (exact) mass is 214 g/mol. The molecule has 0 radical (unpaired) electrons. The molecule has 3 N–H and O–H groups in total. The average molecular weight is 214 g/mol. The Kier molecular flexibility index (Phi) is 5.10. The quantitative estimate of drug-likeness (QED) is 0.607. The summed E-state index contributed by atoms with van der Waals surface area (Å²) >= 11 is 0. The zero-order valence-corrected chi connectivity index (χ0v) is 8.79. The Bertz CT molecular complexity index is 225. The van der Waals surface area contributed by atoms with E-state index in [-0.39, 0.29) is 19.0 Å². The van der Waals surface area contributed by atoms with Gasteiger partial charge in [0.25, 0.3) is 0 Å². The normalized spacial score (nSPS) is 17.3. The molecule has 86 valence electrons. The van der Waals surface area contributed by atoms with Crippen LogP contribution in [-0.4, -0.2) is 36.1 Å². The third kappa shape index (κ3) is 5.37. The molecule has 5 heteroatoms. The zero-order chi connectivity index (χ0) is 11.1. The highest BCUT2D eigenvalue weighted by molar-refractivity contribution is 5.82. The van der Waals surface area contributed by atoms with Crippen LogP contribution >= 0.6 is 0 Å². The molecule has 0 unspecified atom stereocenters. The van der Waals surface area contributed by atoms with Crippen molar-refractivity contribution in [2.45, 2.75) is 38.1 Å². The molecule has 1 aliphatic carbocycles. The maximum absolute atomic E-state index is 11.2. The number of carboxylic acids is 1. The second-order valence-electron chi connectivity index (χ2n) is 3.89. The molecule has 0 aliphatic heterocycles. The predicted octanol–water partition coefficient (Wildman–Crippen LogP) is 0.109. The Labute approximate surface area is 89.2 Å². The van der Waals surface area contributed by atoms with Crippen LogP contribution in [0.2, 0.25) is 0 Å². The van der Waals surface area contributed by atoms with E-state index in [1.165, 1.54) is 19.3 Å². The Balaban J connectivity index is 2.07. The summed E-state index contributed by atoms with van der Waals surface area (Å²) in [6, 6.07) is 0.425. The Morgan fingerprint density at radius 3 is 2.40 bits per heavy atom. The molecule has 0 aromatic rings. The lowest BCUT2D eigenvalue weighted by Gasteiger charge is -2.22. The van der Waals surface area contributed by atoms with Gasteiger partial charge in [0, 0.05) is 6.04 Å². The molecule has 0 aromatic heterocycles.